The molecule has 1 amide bonds. The molecule has 8 heteroatoms. The van der Waals surface area contributed by atoms with E-state index in [1.54, 1.807) is 12.1 Å². The Morgan fingerprint density at radius 2 is 2.03 bits per heavy atom. The lowest BCUT2D eigenvalue weighted by molar-refractivity contribution is -0.120. The normalized spacial score (nSPS) is 16.5. The molecule has 29 heavy (non-hydrogen) atoms. The van der Waals surface area contributed by atoms with Gasteiger partial charge >= 0.3 is 0 Å². The predicted octanol–water partition coefficient (Wildman–Crippen LogP) is 4.10. The molecule has 1 aliphatic heterocycles. The number of ether oxygens (including phenoxy) is 1. The second-order valence-corrected chi connectivity index (χ2v) is 6.90. The van der Waals surface area contributed by atoms with Gasteiger partial charge in [0.25, 0.3) is 0 Å². The van der Waals surface area contributed by atoms with Crippen LogP contribution in [0.1, 0.15) is 12.0 Å². The maximum Gasteiger partial charge on any atom is 0.230 e. The summed E-state index contributed by atoms with van der Waals surface area (Å²) in [6, 6.07) is 7.26. The molecule has 2 heterocycles. The molecule has 5 nitrogen and oxygen atoms in total. The second-order valence-electron chi connectivity index (χ2n) is 6.90. The molecule has 0 spiro atoms. The average Bonchev–Trinajstić information content (AvgIpc) is 3.37. The van der Waals surface area contributed by atoms with Crippen LogP contribution in [0.3, 0.4) is 0 Å². The highest BCUT2D eigenvalue weighted by Gasteiger charge is 2.35. The van der Waals surface area contributed by atoms with Crippen molar-refractivity contribution in [3.8, 4) is 16.9 Å². The van der Waals surface area contributed by atoms with Crippen molar-refractivity contribution in [2.75, 3.05) is 18.6 Å². The van der Waals surface area contributed by atoms with Crippen LogP contribution >= 0.6 is 0 Å². The van der Waals surface area contributed by atoms with E-state index in [1.807, 2.05) is 0 Å². The monoisotopic (exact) mass is 401 g/mol. The second kappa shape index (κ2) is 7.62. The van der Waals surface area contributed by atoms with E-state index in [0.717, 1.165) is 5.56 Å². The van der Waals surface area contributed by atoms with Crippen LogP contribution in [0.2, 0.25) is 0 Å². The predicted molar refractivity (Wildman–Crippen MR) is 101 cm³/mol. The maximum atomic E-state index is 14.7. The minimum atomic E-state index is -1.07. The van der Waals surface area contributed by atoms with Gasteiger partial charge in [-0.05, 0) is 42.7 Å². The highest BCUT2D eigenvalue weighted by atomic mass is 19.2. The fourth-order valence-electron chi connectivity index (χ4n) is 3.65. The van der Waals surface area contributed by atoms with Gasteiger partial charge in [0.2, 0.25) is 5.91 Å². The summed E-state index contributed by atoms with van der Waals surface area (Å²) in [5, 5.41) is 6.29. The molecule has 1 N–H and O–H groups in total. The minimum Gasteiger partial charge on any atom is -0.494 e. The first-order chi connectivity index (χ1) is 14.0. The smallest absolute Gasteiger partial charge is 0.230 e. The first kappa shape index (κ1) is 19.0. The summed E-state index contributed by atoms with van der Waals surface area (Å²) in [7, 11) is 1.37. The highest BCUT2D eigenvalue weighted by molar-refractivity contribution is 5.97. The van der Waals surface area contributed by atoms with Crippen molar-refractivity contribution in [2.45, 2.75) is 12.8 Å². The summed E-state index contributed by atoms with van der Waals surface area (Å²) < 4.78 is 47.8. The number of nitrogens with one attached hydrogen (secondary N) is 1. The average molecular weight is 401 g/mol. The van der Waals surface area contributed by atoms with E-state index >= 15 is 0 Å². The summed E-state index contributed by atoms with van der Waals surface area (Å²) in [5.74, 6) is -3.16. The fourth-order valence-corrected chi connectivity index (χ4v) is 3.65. The molecule has 1 saturated heterocycles. The number of aromatic nitrogens is 2. The number of carbonyl (C=O) groups excluding carboxylic acids is 1. The lowest BCUT2D eigenvalue weighted by Gasteiger charge is -2.19. The lowest BCUT2D eigenvalue weighted by Crippen LogP contribution is -2.28. The summed E-state index contributed by atoms with van der Waals surface area (Å²) >= 11 is 0. The molecule has 1 aliphatic rings. The van der Waals surface area contributed by atoms with Crippen LogP contribution in [-0.4, -0.2) is 29.8 Å². The van der Waals surface area contributed by atoms with Crippen LogP contribution in [0, 0.1) is 23.4 Å². The molecular formula is C21H18F3N3O2. The molecule has 4 rings (SSSR count). The molecule has 3 aromatic rings. The number of hydrogen-bond acceptors (Lipinski definition) is 3. The van der Waals surface area contributed by atoms with Crippen molar-refractivity contribution in [1.82, 2.24) is 10.2 Å². The molecule has 0 bridgehead atoms. The molecule has 150 valence electrons. The number of rotatable bonds is 5. The van der Waals surface area contributed by atoms with Gasteiger partial charge in [0.05, 0.1) is 19.0 Å². The van der Waals surface area contributed by atoms with E-state index < -0.39 is 23.4 Å². The standard InChI is InChI=1S/C21H18F3N3O2/c1-29-18-9-12(2-4-16(18)22)8-13-6-7-27(21(13)28)17-5-3-15(19(23)20(17)24)14-10-25-26-11-14/h2-5,9-11,13H,6-8H2,1H3,(H,25,26). The van der Waals surface area contributed by atoms with Crippen molar-refractivity contribution >= 4 is 11.6 Å². The van der Waals surface area contributed by atoms with Gasteiger partial charge in [0.15, 0.2) is 23.2 Å². The third-order valence-electron chi connectivity index (χ3n) is 5.18. The number of amides is 1. The number of hydrogen-bond donors (Lipinski definition) is 1. The van der Waals surface area contributed by atoms with E-state index in [9.17, 15) is 18.0 Å². The Morgan fingerprint density at radius 1 is 1.21 bits per heavy atom. The molecule has 0 radical (unpaired) electrons. The van der Waals surface area contributed by atoms with Crippen molar-refractivity contribution < 1.29 is 22.7 Å². The van der Waals surface area contributed by atoms with Gasteiger partial charge in [0, 0.05) is 29.8 Å². The Morgan fingerprint density at radius 3 is 2.76 bits per heavy atom. The number of H-pyrrole nitrogens is 1. The zero-order valence-electron chi connectivity index (χ0n) is 15.6. The van der Waals surface area contributed by atoms with E-state index in [2.05, 4.69) is 10.2 Å². The third kappa shape index (κ3) is 3.46. The lowest BCUT2D eigenvalue weighted by atomic mass is 9.98. The molecule has 1 fully saturated rings. The molecule has 1 unspecified atom stereocenters. The van der Waals surface area contributed by atoms with Gasteiger partial charge in [-0.1, -0.05) is 6.07 Å². The molecule has 1 aromatic heterocycles. The highest BCUT2D eigenvalue weighted by Crippen LogP contribution is 2.34. The Kier molecular flexibility index (Phi) is 5.00. The summed E-state index contributed by atoms with van der Waals surface area (Å²) in [6.45, 7) is 0.281. The van der Waals surface area contributed by atoms with Crippen LogP contribution in [0.4, 0.5) is 18.9 Å². The quantitative estimate of drug-likeness (QED) is 0.700. The molecular weight excluding hydrogens is 383 g/mol. The summed E-state index contributed by atoms with van der Waals surface area (Å²) in [6.07, 6.45) is 3.71. The number of nitrogens with zero attached hydrogens (tertiary/aromatic N) is 2. The Hall–Kier alpha value is -3.29. The fraction of sp³-hybridized carbons (Fsp3) is 0.238. The van der Waals surface area contributed by atoms with Crippen LogP contribution in [0.5, 0.6) is 5.75 Å². The van der Waals surface area contributed by atoms with Crippen molar-refractivity contribution in [1.29, 1.82) is 0 Å². The maximum absolute atomic E-state index is 14.7. The zero-order valence-corrected chi connectivity index (χ0v) is 15.6. The Balaban J connectivity index is 1.55. The van der Waals surface area contributed by atoms with Gasteiger partial charge in [-0.15, -0.1) is 0 Å². The number of carbonyl (C=O) groups is 1. The number of halogens is 3. The SMILES string of the molecule is COc1cc(CC2CCN(c3ccc(-c4cn[nH]c4)c(F)c3F)C2=O)ccc1F. The molecule has 0 saturated carbocycles. The number of benzene rings is 2. The van der Waals surface area contributed by atoms with Gasteiger partial charge in [0.1, 0.15) is 0 Å². The molecule has 0 aliphatic carbocycles. The van der Waals surface area contributed by atoms with Crippen LogP contribution in [-0.2, 0) is 11.2 Å². The van der Waals surface area contributed by atoms with E-state index in [4.69, 9.17) is 4.74 Å². The van der Waals surface area contributed by atoms with E-state index in [1.165, 1.54) is 42.6 Å². The summed E-state index contributed by atoms with van der Waals surface area (Å²) in [4.78, 5) is 14.1. The number of anilines is 1. The van der Waals surface area contributed by atoms with Gasteiger partial charge in [-0.3, -0.25) is 9.89 Å². The largest absolute Gasteiger partial charge is 0.494 e. The van der Waals surface area contributed by atoms with Crippen molar-refractivity contribution in [3.05, 3.63) is 65.7 Å². The van der Waals surface area contributed by atoms with Crippen molar-refractivity contribution in [2.24, 2.45) is 5.92 Å². The number of methoxy groups -OCH3 is 1. The van der Waals surface area contributed by atoms with E-state index in [0.29, 0.717) is 18.4 Å². The Labute approximate surface area is 165 Å². The first-order valence-corrected chi connectivity index (χ1v) is 9.10. The van der Waals surface area contributed by atoms with Crippen molar-refractivity contribution in [3.63, 3.8) is 0 Å². The van der Waals surface area contributed by atoms with Crippen LogP contribution in [0.15, 0.2) is 42.7 Å². The molecule has 2 aromatic carbocycles. The minimum absolute atomic E-state index is 0.0709. The van der Waals surface area contributed by atoms with Gasteiger partial charge in [-0.25, -0.2) is 13.2 Å². The van der Waals surface area contributed by atoms with Crippen LogP contribution in [0.25, 0.3) is 11.1 Å². The Bertz CT molecular complexity index is 1050. The van der Waals surface area contributed by atoms with E-state index in [-0.39, 0.29) is 29.5 Å². The van der Waals surface area contributed by atoms with Crippen LogP contribution < -0.4 is 9.64 Å². The van der Waals surface area contributed by atoms with Gasteiger partial charge < -0.3 is 9.64 Å². The zero-order chi connectivity index (χ0) is 20.5. The number of aromatic amines is 1. The third-order valence-corrected chi connectivity index (χ3v) is 5.18. The summed E-state index contributed by atoms with van der Waals surface area (Å²) in [5.41, 5.74) is 1.15. The molecule has 1 atom stereocenters. The first-order valence-electron chi connectivity index (χ1n) is 9.10. The topological polar surface area (TPSA) is 58.2 Å². The van der Waals surface area contributed by atoms with Gasteiger partial charge in [-0.2, -0.15) is 5.10 Å².